The van der Waals surface area contributed by atoms with Crippen molar-refractivity contribution in [2.75, 3.05) is 0 Å². The molecule has 0 atom stereocenters. The molecule has 6 heavy (non-hydrogen) atoms. The normalized spacial score (nSPS) is 10.2. The lowest BCUT2D eigenvalue weighted by atomic mass is 11.5. The van der Waals surface area contributed by atoms with Crippen molar-refractivity contribution in [2.45, 2.75) is 0 Å². The number of aromatic nitrogens is 3. The van der Waals surface area contributed by atoms with E-state index in [9.17, 15) is 0 Å². The first-order valence-corrected chi connectivity index (χ1v) is 2.48. The molecule has 0 aliphatic carbocycles. The van der Waals surface area contributed by atoms with Crippen molar-refractivity contribution in [3.05, 3.63) is 5.93 Å². The summed E-state index contributed by atoms with van der Waals surface area (Å²) in [6.45, 7) is 0. The largest absolute Gasteiger partial charge is 0.230 e. The second kappa shape index (κ2) is 1.35. The van der Waals surface area contributed by atoms with Crippen molar-refractivity contribution in [1.82, 2.24) is 14.8 Å². The molecule has 1 rings (SSSR count). The van der Waals surface area contributed by atoms with E-state index in [1.165, 1.54) is 0 Å². The van der Waals surface area contributed by atoms with Gasteiger partial charge in [0.25, 0.3) is 0 Å². The number of hydrogen-bond donors (Lipinski definition) is 0. The zero-order chi connectivity index (χ0) is 4.41. The molecule has 0 unspecified atom stereocenters. The van der Waals surface area contributed by atoms with E-state index in [2.05, 4.69) is 10.3 Å². The first-order chi connectivity index (χ1) is 2.89. The van der Waals surface area contributed by atoms with Gasteiger partial charge in [-0.3, -0.25) is 0 Å². The van der Waals surface area contributed by atoms with E-state index in [0.717, 1.165) is 8.35 Å². The average molecular weight is 101 g/mol. The van der Waals surface area contributed by atoms with E-state index in [1.54, 1.807) is 10.4 Å². The monoisotopic (exact) mass is 101 g/mol. The summed E-state index contributed by atoms with van der Waals surface area (Å²) in [5, 5.41) is 7.20. The molecule has 0 bridgehead atoms. The number of nitrogens with zero attached hydrogens (tertiary/aromatic N) is 3. The van der Waals surface area contributed by atoms with Crippen LogP contribution in [0.25, 0.3) is 0 Å². The van der Waals surface area contributed by atoms with Gasteiger partial charge < -0.3 is 0 Å². The Labute approximate surface area is 37.1 Å². The van der Waals surface area contributed by atoms with E-state index in [1.807, 2.05) is 7.05 Å². The summed E-state index contributed by atoms with van der Waals surface area (Å²) in [4.78, 5) is 0. The van der Waals surface area contributed by atoms with E-state index < -0.39 is 0 Å². The van der Waals surface area contributed by atoms with Gasteiger partial charge in [-0.15, -0.1) is 5.10 Å². The Balaban J connectivity index is 3.05. The van der Waals surface area contributed by atoms with Crippen LogP contribution in [0, 0.1) is 0 Å². The van der Waals surface area contributed by atoms with Gasteiger partial charge in [-0.25, -0.2) is 4.44 Å². The van der Waals surface area contributed by atoms with Gasteiger partial charge in [0.05, 0.1) is 14.3 Å². The Hall–Kier alpha value is -0.430. The molecule has 32 valence electrons. The maximum atomic E-state index is 3.63. The molecule has 0 amide bonds. The molecule has 0 aromatic carbocycles. The van der Waals surface area contributed by atoms with Crippen molar-refractivity contribution >= 4 is 8.35 Å². The first-order valence-electron chi connectivity index (χ1n) is 1.56. The van der Waals surface area contributed by atoms with Crippen molar-refractivity contribution in [3.8, 4) is 0 Å². The van der Waals surface area contributed by atoms with Crippen molar-refractivity contribution in [2.24, 2.45) is 7.05 Å². The predicted molar refractivity (Wildman–Crippen MR) is 23.5 cm³/mol. The van der Waals surface area contributed by atoms with Crippen LogP contribution in [-0.2, 0) is 7.05 Å². The summed E-state index contributed by atoms with van der Waals surface area (Å²) >= 11 is 0. The van der Waals surface area contributed by atoms with Crippen LogP contribution in [0.2, 0.25) is 0 Å². The minimum Gasteiger partial charge on any atom is -0.230 e. The van der Waals surface area contributed by atoms with Gasteiger partial charge in [0.1, 0.15) is 0 Å². The molecule has 0 aliphatic rings. The Morgan fingerprint density at radius 2 is 2.67 bits per heavy atom. The fourth-order valence-electron chi connectivity index (χ4n) is 0.219. The third-order valence-electron chi connectivity index (χ3n) is 0.451. The highest BCUT2D eigenvalue weighted by atomic mass is 31.0. The summed E-state index contributed by atoms with van der Waals surface area (Å²) in [5.74, 6) is 1.74. The van der Waals surface area contributed by atoms with E-state index >= 15 is 0 Å². The van der Waals surface area contributed by atoms with Crippen molar-refractivity contribution in [3.63, 3.8) is 0 Å². The fraction of sp³-hybridized carbons (Fsp3) is 0.500. The van der Waals surface area contributed by atoms with Crippen LogP contribution in [0.1, 0.15) is 0 Å². The lowest BCUT2D eigenvalue weighted by Gasteiger charge is -1.72. The highest BCUT2D eigenvalue weighted by molar-refractivity contribution is 7.24. The molecule has 0 radical (unpaired) electrons. The molecule has 1 aromatic rings. The van der Waals surface area contributed by atoms with Crippen molar-refractivity contribution in [1.29, 1.82) is 0 Å². The SMILES string of the molecule is Cn1nncp1. The zero-order valence-electron chi connectivity index (χ0n) is 3.37. The van der Waals surface area contributed by atoms with Gasteiger partial charge in [-0.1, -0.05) is 5.21 Å². The van der Waals surface area contributed by atoms with Crippen LogP contribution >= 0.6 is 8.35 Å². The molecule has 0 aliphatic heterocycles. The molecule has 1 heterocycles. The Morgan fingerprint density at radius 3 is 2.83 bits per heavy atom. The number of hydrogen-bond acceptors (Lipinski definition) is 2. The molecule has 1 aromatic heterocycles. The van der Waals surface area contributed by atoms with Crippen LogP contribution in [0.3, 0.4) is 0 Å². The molecule has 4 heteroatoms. The highest BCUT2D eigenvalue weighted by Crippen LogP contribution is 1.91. The topological polar surface area (TPSA) is 30.7 Å². The summed E-state index contributed by atoms with van der Waals surface area (Å²) in [5.41, 5.74) is 0. The smallest absolute Gasteiger partial charge is 0.0969 e. The molecule has 0 fully saturated rings. The molecular formula is C2H4N3P. The Morgan fingerprint density at radius 1 is 1.83 bits per heavy atom. The lowest BCUT2D eigenvalue weighted by Crippen LogP contribution is -1.82. The quantitative estimate of drug-likeness (QED) is 0.473. The first kappa shape index (κ1) is 3.75. The van der Waals surface area contributed by atoms with Gasteiger partial charge >= 0.3 is 0 Å². The van der Waals surface area contributed by atoms with Gasteiger partial charge in [0, 0.05) is 7.05 Å². The molecule has 0 saturated heterocycles. The third-order valence-corrected chi connectivity index (χ3v) is 1.07. The molecule has 0 spiro atoms. The Kier molecular flexibility index (Phi) is 0.843. The van der Waals surface area contributed by atoms with Gasteiger partial charge in [0.15, 0.2) is 0 Å². The lowest BCUT2D eigenvalue weighted by molar-refractivity contribution is 0.763. The second-order valence-corrected chi connectivity index (χ2v) is 1.97. The summed E-state index contributed by atoms with van der Waals surface area (Å²) in [7, 11) is 2.93. The molecule has 3 nitrogen and oxygen atoms in total. The van der Waals surface area contributed by atoms with Crippen LogP contribution in [0.5, 0.6) is 0 Å². The minimum absolute atomic E-state index is 1.06. The second-order valence-electron chi connectivity index (χ2n) is 0.925. The Bertz CT molecular complexity index is 112. The van der Waals surface area contributed by atoms with Gasteiger partial charge in [-0.2, -0.15) is 0 Å². The van der Waals surface area contributed by atoms with E-state index in [-0.39, 0.29) is 0 Å². The van der Waals surface area contributed by atoms with E-state index in [0.29, 0.717) is 0 Å². The third kappa shape index (κ3) is 0.546. The van der Waals surface area contributed by atoms with Crippen LogP contribution in [0.15, 0.2) is 5.93 Å². The number of aryl methyl sites for hydroxylation is 1. The minimum atomic E-state index is 1.06. The fourth-order valence-corrected chi connectivity index (χ4v) is 0.553. The molecule has 0 N–H and O–H groups in total. The van der Waals surface area contributed by atoms with Crippen LogP contribution in [-0.4, -0.2) is 14.8 Å². The van der Waals surface area contributed by atoms with Gasteiger partial charge in [-0.05, 0) is 0 Å². The van der Waals surface area contributed by atoms with Crippen LogP contribution in [0.4, 0.5) is 0 Å². The van der Waals surface area contributed by atoms with Crippen LogP contribution < -0.4 is 0 Å². The summed E-state index contributed by atoms with van der Waals surface area (Å²) in [6, 6.07) is 0. The standard InChI is InChI=1S/C2H4N3P/c1-5-4-3-2-6-5/h2H,1H3. The average Bonchev–Trinajstić information content (AvgIpc) is 1.86. The summed E-state index contributed by atoms with van der Waals surface area (Å²) < 4.78 is 1.74. The maximum Gasteiger partial charge on any atom is 0.0969 e. The summed E-state index contributed by atoms with van der Waals surface area (Å²) in [6.07, 6.45) is 0. The molecule has 0 saturated carbocycles. The highest BCUT2D eigenvalue weighted by Gasteiger charge is 1.72. The van der Waals surface area contributed by atoms with Crippen molar-refractivity contribution < 1.29 is 0 Å². The zero-order valence-corrected chi connectivity index (χ0v) is 4.26. The maximum absolute atomic E-state index is 3.63. The van der Waals surface area contributed by atoms with E-state index in [4.69, 9.17) is 0 Å². The molecular weight excluding hydrogens is 97.0 g/mol. The van der Waals surface area contributed by atoms with Gasteiger partial charge in [0.2, 0.25) is 0 Å². The number of rotatable bonds is 0. The predicted octanol–water partition coefficient (Wildman–Crippen LogP) is 0.395.